The highest BCUT2D eigenvalue weighted by molar-refractivity contribution is 7.89. The molecule has 2 aromatic carbocycles. The van der Waals surface area contributed by atoms with E-state index in [1.165, 1.54) is 26.2 Å². The van der Waals surface area contributed by atoms with E-state index in [2.05, 4.69) is 5.16 Å². The van der Waals surface area contributed by atoms with Crippen LogP contribution in [0.3, 0.4) is 0 Å². The number of para-hydroxylation sites is 1. The number of carbonyl (C=O) groups excluding carboxylic acids is 1. The summed E-state index contributed by atoms with van der Waals surface area (Å²) in [5.41, 5.74) is 3.35. The van der Waals surface area contributed by atoms with Crippen molar-refractivity contribution in [3.05, 3.63) is 59.7 Å². The van der Waals surface area contributed by atoms with Gasteiger partial charge in [0.2, 0.25) is 10.0 Å². The van der Waals surface area contributed by atoms with Crippen LogP contribution in [0.2, 0.25) is 0 Å². The molecular weight excluding hydrogens is 390 g/mol. The topological polar surface area (TPSA) is 79.3 Å². The van der Waals surface area contributed by atoms with E-state index in [9.17, 15) is 13.2 Å². The largest absolute Gasteiger partial charge is 0.385 e. The van der Waals surface area contributed by atoms with Gasteiger partial charge in [-0.25, -0.2) is 12.7 Å². The zero-order valence-corrected chi connectivity index (χ0v) is 17.8. The van der Waals surface area contributed by atoms with Crippen LogP contribution in [-0.2, 0) is 26.1 Å². The second-order valence-electron chi connectivity index (χ2n) is 7.21. The molecule has 1 aliphatic rings. The van der Waals surface area contributed by atoms with Gasteiger partial charge < -0.3 is 9.74 Å². The fraction of sp³-hybridized carbons (Fsp3) is 0.333. The molecule has 7 nitrogen and oxygen atoms in total. The number of carbonyl (C=O) groups is 1. The van der Waals surface area contributed by atoms with Crippen molar-refractivity contribution in [1.82, 2.24) is 4.31 Å². The predicted octanol–water partition coefficient (Wildman–Crippen LogP) is 2.66. The molecule has 154 valence electrons. The monoisotopic (exact) mass is 415 g/mol. The summed E-state index contributed by atoms with van der Waals surface area (Å²) in [5.74, 6) is -0.147. The van der Waals surface area contributed by atoms with Crippen LogP contribution in [0.1, 0.15) is 25.0 Å². The third-order valence-corrected chi connectivity index (χ3v) is 6.75. The van der Waals surface area contributed by atoms with Gasteiger partial charge in [-0.2, -0.15) is 0 Å². The van der Waals surface area contributed by atoms with Crippen molar-refractivity contribution < 1.29 is 18.0 Å². The minimum Gasteiger partial charge on any atom is -0.385 e. The number of sulfonamides is 1. The highest BCUT2D eigenvalue weighted by atomic mass is 32.2. The zero-order valence-electron chi connectivity index (χ0n) is 17.0. The van der Waals surface area contributed by atoms with Gasteiger partial charge in [-0.15, -0.1) is 0 Å². The Labute approximate surface area is 171 Å². The van der Waals surface area contributed by atoms with Crippen molar-refractivity contribution in [2.24, 2.45) is 5.16 Å². The van der Waals surface area contributed by atoms with Gasteiger partial charge in [-0.1, -0.05) is 35.5 Å². The molecule has 1 atom stereocenters. The molecule has 0 fully saturated rings. The molecule has 8 heteroatoms. The molecule has 0 aromatic heterocycles. The Morgan fingerprint density at radius 2 is 1.83 bits per heavy atom. The molecule has 3 rings (SSSR count). The first kappa shape index (κ1) is 21.0. The van der Waals surface area contributed by atoms with Gasteiger partial charge in [0.05, 0.1) is 10.6 Å². The van der Waals surface area contributed by atoms with Crippen molar-refractivity contribution in [2.45, 2.75) is 31.2 Å². The third-order valence-electron chi connectivity index (χ3n) is 4.92. The van der Waals surface area contributed by atoms with Crippen molar-refractivity contribution >= 4 is 27.3 Å². The highest BCUT2D eigenvalue weighted by Gasteiger charge is 2.30. The summed E-state index contributed by atoms with van der Waals surface area (Å²) in [4.78, 5) is 19.9. The molecule has 1 aliphatic heterocycles. The Bertz CT molecular complexity index is 1030. The van der Waals surface area contributed by atoms with Gasteiger partial charge >= 0.3 is 0 Å². The lowest BCUT2D eigenvalue weighted by Gasteiger charge is -2.22. The Balaban J connectivity index is 1.64. The molecule has 0 saturated carbocycles. The lowest BCUT2D eigenvalue weighted by atomic mass is 10.1. The highest BCUT2D eigenvalue weighted by Crippen LogP contribution is 2.31. The van der Waals surface area contributed by atoms with E-state index >= 15 is 0 Å². The number of oxime groups is 1. The minimum atomic E-state index is -3.47. The SMILES string of the molecule is CC(=NOCC(=O)N1c2ccccc2CC1C)c1ccc(S(=O)(=O)N(C)C)cc1. The summed E-state index contributed by atoms with van der Waals surface area (Å²) < 4.78 is 25.4. The van der Waals surface area contributed by atoms with Gasteiger partial charge in [0.25, 0.3) is 5.91 Å². The average molecular weight is 416 g/mol. The van der Waals surface area contributed by atoms with Crippen molar-refractivity contribution in [3.63, 3.8) is 0 Å². The summed E-state index contributed by atoms with van der Waals surface area (Å²) in [6, 6.07) is 14.3. The number of benzene rings is 2. The molecule has 0 bridgehead atoms. The predicted molar refractivity (Wildman–Crippen MR) is 113 cm³/mol. The molecule has 0 N–H and O–H groups in total. The van der Waals surface area contributed by atoms with Crippen LogP contribution in [0.25, 0.3) is 0 Å². The van der Waals surface area contributed by atoms with Crippen LogP contribution in [0.5, 0.6) is 0 Å². The molecule has 0 spiro atoms. The number of amides is 1. The van der Waals surface area contributed by atoms with Crippen LogP contribution in [-0.4, -0.2) is 51.1 Å². The Morgan fingerprint density at radius 1 is 1.17 bits per heavy atom. The van der Waals surface area contributed by atoms with Gasteiger partial charge in [-0.05, 0) is 49.6 Å². The van der Waals surface area contributed by atoms with Crippen LogP contribution in [0.15, 0.2) is 58.6 Å². The summed E-state index contributed by atoms with van der Waals surface area (Å²) >= 11 is 0. The molecule has 0 aliphatic carbocycles. The first-order chi connectivity index (χ1) is 13.7. The number of rotatable bonds is 6. The number of nitrogens with zero attached hydrogens (tertiary/aromatic N) is 3. The molecule has 0 radical (unpaired) electrons. The summed E-state index contributed by atoms with van der Waals surface area (Å²) in [5, 5.41) is 4.02. The van der Waals surface area contributed by atoms with Crippen LogP contribution >= 0.6 is 0 Å². The fourth-order valence-electron chi connectivity index (χ4n) is 3.33. The second kappa shape index (κ2) is 8.34. The Kier molecular flexibility index (Phi) is 6.04. The van der Waals surface area contributed by atoms with Crippen molar-refractivity contribution in [2.75, 3.05) is 25.6 Å². The third kappa shape index (κ3) is 4.33. The van der Waals surface area contributed by atoms with E-state index in [4.69, 9.17) is 4.84 Å². The quantitative estimate of drug-likeness (QED) is 0.537. The number of anilines is 1. The Hall–Kier alpha value is -2.71. The molecule has 1 heterocycles. The first-order valence-corrected chi connectivity index (χ1v) is 10.8. The maximum Gasteiger partial charge on any atom is 0.268 e. The van der Waals surface area contributed by atoms with Gasteiger partial charge in [-0.3, -0.25) is 4.79 Å². The zero-order chi connectivity index (χ0) is 21.2. The van der Waals surface area contributed by atoms with Crippen LogP contribution in [0, 0.1) is 0 Å². The van der Waals surface area contributed by atoms with Crippen molar-refractivity contribution in [3.8, 4) is 0 Å². The molecule has 2 aromatic rings. The molecule has 29 heavy (non-hydrogen) atoms. The average Bonchev–Trinajstić information content (AvgIpc) is 3.03. The fourth-order valence-corrected chi connectivity index (χ4v) is 4.23. The lowest BCUT2D eigenvalue weighted by molar-refractivity contribution is -0.123. The number of hydrogen-bond donors (Lipinski definition) is 0. The van der Waals surface area contributed by atoms with Gasteiger partial charge in [0.1, 0.15) is 0 Å². The van der Waals surface area contributed by atoms with Gasteiger partial charge in [0, 0.05) is 25.8 Å². The van der Waals surface area contributed by atoms with Crippen LogP contribution < -0.4 is 4.90 Å². The van der Waals surface area contributed by atoms with E-state index in [1.54, 1.807) is 24.0 Å². The molecule has 0 saturated heterocycles. The number of hydrogen-bond acceptors (Lipinski definition) is 5. The Morgan fingerprint density at radius 3 is 2.48 bits per heavy atom. The standard InChI is InChI=1S/C21H25N3O4S/c1-15-13-18-7-5-6-8-20(18)24(15)21(25)14-28-22-16(2)17-9-11-19(12-10-17)29(26,27)23(3)4/h5-12,15H,13-14H2,1-4H3. The first-order valence-electron chi connectivity index (χ1n) is 9.31. The van der Waals surface area contributed by atoms with Crippen LogP contribution in [0.4, 0.5) is 5.69 Å². The molecular formula is C21H25N3O4S. The molecule has 1 amide bonds. The maximum atomic E-state index is 12.6. The normalized spacial score (nSPS) is 16.8. The van der Waals surface area contributed by atoms with E-state index in [-0.39, 0.29) is 23.5 Å². The smallest absolute Gasteiger partial charge is 0.268 e. The van der Waals surface area contributed by atoms with E-state index in [0.717, 1.165) is 27.5 Å². The summed E-state index contributed by atoms with van der Waals surface area (Å²) in [7, 11) is -0.502. The second-order valence-corrected chi connectivity index (χ2v) is 9.36. The van der Waals surface area contributed by atoms with E-state index < -0.39 is 10.0 Å². The summed E-state index contributed by atoms with van der Waals surface area (Å²) in [6.45, 7) is 3.59. The van der Waals surface area contributed by atoms with E-state index in [1.807, 2.05) is 31.2 Å². The van der Waals surface area contributed by atoms with E-state index in [0.29, 0.717) is 5.71 Å². The van der Waals surface area contributed by atoms with Crippen molar-refractivity contribution in [1.29, 1.82) is 0 Å². The van der Waals surface area contributed by atoms with Gasteiger partial charge in [0.15, 0.2) is 6.61 Å². The minimum absolute atomic E-state index is 0.0831. The summed E-state index contributed by atoms with van der Waals surface area (Å²) in [6.07, 6.45) is 0.826. The molecule has 1 unspecified atom stereocenters. The lowest BCUT2D eigenvalue weighted by Crippen LogP contribution is -2.38. The maximum absolute atomic E-state index is 12.6. The number of fused-ring (bicyclic) bond motifs is 1.